The van der Waals surface area contributed by atoms with Crippen molar-refractivity contribution in [2.75, 3.05) is 13.1 Å². The van der Waals surface area contributed by atoms with E-state index in [1.165, 1.54) is 12.8 Å². The number of β-amino-alcohol motifs (C(OH)–C–C–N with tert-alkyl or cyclic N) is 1. The Kier molecular flexibility index (Phi) is 2.98. The summed E-state index contributed by atoms with van der Waals surface area (Å²) in [4.78, 5) is 11.7. The zero-order valence-electron chi connectivity index (χ0n) is 9.25. The van der Waals surface area contributed by atoms with E-state index in [9.17, 15) is 9.90 Å². The van der Waals surface area contributed by atoms with Crippen molar-refractivity contribution in [1.29, 1.82) is 0 Å². The lowest BCUT2D eigenvalue weighted by Crippen LogP contribution is -2.42. The van der Waals surface area contributed by atoms with Crippen molar-refractivity contribution >= 4 is 5.91 Å². The van der Waals surface area contributed by atoms with E-state index in [0.717, 1.165) is 13.0 Å². The Balaban J connectivity index is 1.73. The first kappa shape index (κ1) is 10.9. The first-order valence-corrected chi connectivity index (χ1v) is 5.84. The van der Waals surface area contributed by atoms with Gasteiger partial charge in [-0.25, -0.2) is 0 Å². The van der Waals surface area contributed by atoms with Gasteiger partial charge < -0.3 is 15.7 Å². The van der Waals surface area contributed by atoms with Gasteiger partial charge in [0.25, 0.3) is 0 Å². The maximum absolute atomic E-state index is 11.7. The lowest BCUT2D eigenvalue weighted by molar-refractivity contribution is -0.123. The van der Waals surface area contributed by atoms with Crippen molar-refractivity contribution in [2.45, 2.75) is 44.8 Å². The standard InChI is InChI=1S/C11H20N2O2/c1-2-11(3-4-11)7-13-10(15)9-5-8(14)6-12-9/h8-9,12,14H,2-7H2,1H3,(H,13,15)/t8-,9-/m1/s1. The van der Waals surface area contributed by atoms with Gasteiger partial charge in [-0.15, -0.1) is 0 Å². The van der Waals surface area contributed by atoms with Gasteiger partial charge in [0.2, 0.25) is 5.91 Å². The van der Waals surface area contributed by atoms with E-state index in [-0.39, 0.29) is 18.1 Å². The minimum absolute atomic E-state index is 0.0475. The molecule has 0 bridgehead atoms. The van der Waals surface area contributed by atoms with Gasteiger partial charge in [0.15, 0.2) is 0 Å². The third kappa shape index (κ3) is 2.49. The molecular weight excluding hydrogens is 192 g/mol. The van der Waals surface area contributed by atoms with E-state index >= 15 is 0 Å². The average Bonchev–Trinajstić information content (AvgIpc) is 2.90. The Hall–Kier alpha value is -0.610. The first-order chi connectivity index (χ1) is 7.15. The largest absolute Gasteiger partial charge is 0.392 e. The Morgan fingerprint density at radius 1 is 1.60 bits per heavy atom. The summed E-state index contributed by atoms with van der Waals surface area (Å²) >= 11 is 0. The fourth-order valence-electron chi connectivity index (χ4n) is 2.15. The normalized spacial score (nSPS) is 32.7. The van der Waals surface area contributed by atoms with Crippen LogP contribution in [0.2, 0.25) is 0 Å². The zero-order valence-corrected chi connectivity index (χ0v) is 9.25. The third-order valence-electron chi connectivity index (χ3n) is 3.77. The molecular formula is C11H20N2O2. The summed E-state index contributed by atoms with van der Waals surface area (Å²) in [6, 6.07) is -0.187. The number of aliphatic hydroxyl groups excluding tert-OH is 1. The van der Waals surface area contributed by atoms with E-state index in [4.69, 9.17) is 0 Å². The minimum atomic E-state index is -0.359. The smallest absolute Gasteiger partial charge is 0.237 e. The molecule has 15 heavy (non-hydrogen) atoms. The van der Waals surface area contributed by atoms with E-state index in [1.54, 1.807) is 0 Å². The monoisotopic (exact) mass is 212 g/mol. The Bertz CT molecular complexity index is 251. The lowest BCUT2D eigenvalue weighted by atomic mass is 10.0. The van der Waals surface area contributed by atoms with Gasteiger partial charge in [-0.1, -0.05) is 6.92 Å². The Morgan fingerprint density at radius 3 is 2.80 bits per heavy atom. The summed E-state index contributed by atoms with van der Waals surface area (Å²) < 4.78 is 0. The van der Waals surface area contributed by atoms with Crippen LogP contribution in [0.1, 0.15) is 32.6 Å². The van der Waals surface area contributed by atoms with Gasteiger partial charge >= 0.3 is 0 Å². The highest BCUT2D eigenvalue weighted by Gasteiger charge is 2.41. The molecule has 0 radical (unpaired) electrons. The molecule has 4 nitrogen and oxygen atoms in total. The number of hydrogen-bond donors (Lipinski definition) is 3. The fourth-order valence-corrected chi connectivity index (χ4v) is 2.15. The average molecular weight is 212 g/mol. The number of rotatable bonds is 4. The van der Waals surface area contributed by atoms with Crippen molar-refractivity contribution in [2.24, 2.45) is 5.41 Å². The highest BCUT2D eigenvalue weighted by molar-refractivity contribution is 5.82. The highest BCUT2D eigenvalue weighted by atomic mass is 16.3. The van der Waals surface area contributed by atoms with Crippen LogP contribution in [-0.4, -0.2) is 36.2 Å². The zero-order chi connectivity index (χ0) is 10.9. The third-order valence-corrected chi connectivity index (χ3v) is 3.77. The van der Waals surface area contributed by atoms with Crippen LogP contribution in [0.4, 0.5) is 0 Å². The van der Waals surface area contributed by atoms with E-state index in [2.05, 4.69) is 17.6 Å². The number of nitrogens with one attached hydrogen (secondary N) is 2. The predicted molar refractivity (Wildman–Crippen MR) is 57.4 cm³/mol. The molecule has 2 rings (SSSR count). The molecule has 0 unspecified atom stereocenters. The molecule has 2 atom stereocenters. The van der Waals surface area contributed by atoms with Crippen LogP contribution >= 0.6 is 0 Å². The fraction of sp³-hybridized carbons (Fsp3) is 0.909. The van der Waals surface area contributed by atoms with Crippen LogP contribution in [-0.2, 0) is 4.79 Å². The number of carbonyl (C=O) groups is 1. The summed E-state index contributed by atoms with van der Waals surface area (Å²) in [5.41, 5.74) is 0.396. The molecule has 0 aromatic heterocycles. The molecule has 0 spiro atoms. The second-order valence-electron chi connectivity index (χ2n) is 4.92. The van der Waals surface area contributed by atoms with Crippen LogP contribution in [0.25, 0.3) is 0 Å². The number of amides is 1. The minimum Gasteiger partial charge on any atom is -0.392 e. The van der Waals surface area contributed by atoms with Crippen molar-refractivity contribution in [1.82, 2.24) is 10.6 Å². The maximum atomic E-state index is 11.7. The second-order valence-corrected chi connectivity index (χ2v) is 4.92. The summed E-state index contributed by atoms with van der Waals surface area (Å²) in [6.07, 6.45) is 3.82. The predicted octanol–water partition coefficient (Wildman–Crippen LogP) is 0.0156. The topological polar surface area (TPSA) is 61.4 Å². The summed E-state index contributed by atoms with van der Waals surface area (Å²) in [5, 5.41) is 15.3. The van der Waals surface area contributed by atoms with Crippen LogP contribution < -0.4 is 10.6 Å². The molecule has 86 valence electrons. The van der Waals surface area contributed by atoms with Crippen molar-refractivity contribution < 1.29 is 9.90 Å². The summed E-state index contributed by atoms with van der Waals surface area (Å²) in [5.74, 6) is 0.0475. The van der Waals surface area contributed by atoms with Gasteiger partial charge in [-0.3, -0.25) is 4.79 Å². The molecule has 1 amide bonds. The molecule has 1 saturated heterocycles. The van der Waals surface area contributed by atoms with Crippen LogP contribution in [0.5, 0.6) is 0 Å². The van der Waals surface area contributed by atoms with Crippen LogP contribution in [0.3, 0.4) is 0 Å². The molecule has 1 aliphatic carbocycles. The first-order valence-electron chi connectivity index (χ1n) is 5.84. The van der Waals surface area contributed by atoms with Gasteiger partial charge in [0.05, 0.1) is 12.1 Å². The van der Waals surface area contributed by atoms with Crippen LogP contribution in [0.15, 0.2) is 0 Å². The van der Waals surface area contributed by atoms with Crippen LogP contribution in [0, 0.1) is 5.41 Å². The number of carbonyl (C=O) groups excluding carboxylic acids is 1. The molecule has 1 heterocycles. The van der Waals surface area contributed by atoms with Gasteiger partial charge in [0, 0.05) is 13.1 Å². The molecule has 3 N–H and O–H groups in total. The van der Waals surface area contributed by atoms with E-state index in [0.29, 0.717) is 18.4 Å². The molecule has 0 aromatic carbocycles. The number of hydrogen-bond acceptors (Lipinski definition) is 3. The van der Waals surface area contributed by atoms with Crippen molar-refractivity contribution in [3.8, 4) is 0 Å². The summed E-state index contributed by atoms with van der Waals surface area (Å²) in [7, 11) is 0. The summed E-state index contributed by atoms with van der Waals surface area (Å²) in [6.45, 7) is 3.52. The molecule has 1 saturated carbocycles. The Labute approximate surface area is 90.4 Å². The molecule has 2 aliphatic rings. The maximum Gasteiger partial charge on any atom is 0.237 e. The number of aliphatic hydroxyl groups is 1. The van der Waals surface area contributed by atoms with E-state index < -0.39 is 0 Å². The quantitative estimate of drug-likeness (QED) is 0.615. The molecule has 2 fully saturated rings. The van der Waals surface area contributed by atoms with Crippen molar-refractivity contribution in [3.63, 3.8) is 0 Å². The van der Waals surface area contributed by atoms with Crippen molar-refractivity contribution in [3.05, 3.63) is 0 Å². The Morgan fingerprint density at radius 2 is 2.33 bits per heavy atom. The SMILES string of the molecule is CCC1(CNC(=O)[C@H]2C[C@@H](O)CN2)CC1. The lowest BCUT2D eigenvalue weighted by Gasteiger charge is -2.16. The second kappa shape index (κ2) is 4.10. The van der Waals surface area contributed by atoms with Gasteiger partial charge in [-0.2, -0.15) is 0 Å². The molecule has 1 aliphatic heterocycles. The molecule has 0 aromatic rings. The van der Waals surface area contributed by atoms with Gasteiger partial charge in [-0.05, 0) is 31.1 Å². The van der Waals surface area contributed by atoms with Gasteiger partial charge in [0.1, 0.15) is 0 Å². The highest BCUT2D eigenvalue weighted by Crippen LogP contribution is 2.47. The van der Waals surface area contributed by atoms with E-state index in [1.807, 2.05) is 0 Å². The molecule has 4 heteroatoms.